The molecule has 0 aliphatic heterocycles. The third-order valence-corrected chi connectivity index (χ3v) is 5.17. The van der Waals surface area contributed by atoms with Crippen molar-refractivity contribution in [3.8, 4) is 10.4 Å². The molecule has 100 valence electrons. The molecule has 0 aliphatic rings. The van der Waals surface area contributed by atoms with Crippen LogP contribution in [-0.4, -0.2) is 11.1 Å². The molecule has 0 bridgehead atoms. The van der Waals surface area contributed by atoms with Crippen molar-refractivity contribution >= 4 is 33.2 Å². The first-order valence-electron chi connectivity index (χ1n) is 5.91. The fraction of sp³-hybridized carbons (Fsp3) is 0.267. The maximum Gasteiger partial charge on any atom is 0.313 e. The second-order valence-corrected chi connectivity index (χ2v) is 6.86. The van der Waals surface area contributed by atoms with Gasteiger partial charge in [-0.3, -0.25) is 4.79 Å². The lowest BCUT2D eigenvalue weighted by atomic mass is 9.86. The van der Waals surface area contributed by atoms with E-state index in [1.807, 2.05) is 30.5 Å². The fourth-order valence-electron chi connectivity index (χ4n) is 1.74. The molecule has 0 aliphatic carbocycles. The van der Waals surface area contributed by atoms with Crippen molar-refractivity contribution in [2.24, 2.45) is 0 Å². The maximum absolute atomic E-state index is 11.3. The first-order chi connectivity index (χ1) is 8.82. The summed E-state index contributed by atoms with van der Waals surface area (Å²) in [5.41, 5.74) is 2.29. The third-order valence-electron chi connectivity index (χ3n) is 3.30. The van der Waals surface area contributed by atoms with E-state index >= 15 is 0 Å². The Hall–Kier alpha value is -1.13. The average molecular weight is 339 g/mol. The Kier molecular flexibility index (Phi) is 3.83. The van der Waals surface area contributed by atoms with Crippen molar-refractivity contribution in [1.82, 2.24) is 0 Å². The first kappa shape index (κ1) is 14.3. The fourth-order valence-corrected chi connectivity index (χ4v) is 3.06. The van der Waals surface area contributed by atoms with Crippen LogP contribution in [0.3, 0.4) is 0 Å². The third kappa shape index (κ3) is 2.74. The standard InChI is InChI=1S/C15H15BrO2S/c1-9-6-10(4-5-12(9)16)13-7-11(8-19-13)15(2,3)14(17)18/h4-8H,1-3H3,(H,17,18). The highest BCUT2D eigenvalue weighted by Crippen LogP contribution is 2.34. The summed E-state index contributed by atoms with van der Waals surface area (Å²) in [6.45, 7) is 5.51. The SMILES string of the molecule is Cc1cc(-c2cc(C(C)(C)C(=O)O)cs2)ccc1Br. The van der Waals surface area contributed by atoms with E-state index in [0.29, 0.717) is 0 Å². The van der Waals surface area contributed by atoms with E-state index in [0.717, 1.165) is 20.5 Å². The quantitative estimate of drug-likeness (QED) is 0.868. The number of rotatable bonds is 3. The molecule has 0 amide bonds. The second-order valence-electron chi connectivity index (χ2n) is 5.09. The Morgan fingerprint density at radius 1 is 1.32 bits per heavy atom. The number of hydrogen-bond acceptors (Lipinski definition) is 2. The van der Waals surface area contributed by atoms with Gasteiger partial charge in [0, 0.05) is 9.35 Å². The van der Waals surface area contributed by atoms with Gasteiger partial charge in [-0.1, -0.05) is 22.0 Å². The van der Waals surface area contributed by atoms with E-state index in [1.54, 1.807) is 25.2 Å². The predicted molar refractivity (Wildman–Crippen MR) is 82.9 cm³/mol. The average Bonchev–Trinajstić information content (AvgIpc) is 2.82. The van der Waals surface area contributed by atoms with Gasteiger partial charge in [0.2, 0.25) is 0 Å². The summed E-state index contributed by atoms with van der Waals surface area (Å²) < 4.78 is 1.08. The Bertz CT molecular complexity index is 629. The van der Waals surface area contributed by atoms with Gasteiger partial charge in [-0.15, -0.1) is 11.3 Å². The van der Waals surface area contributed by atoms with Gasteiger partial charge in [-0.2, -0.15) is 0 Å². The minimum atomic E-state index is -0.848. The monoisotopic (exact) mass is 338 g/mol. The van der Waals surface area contributed by atoms with Crippen LogP contribution in [0.4, 0.5) is 0 Å². The Morgan fingerprint density at radius 3 is 2.58 bits per heavy atom. The van der Waals surface area contributed by atoms with Gasteiger partial charge >= 0.3 is 5.97 Å². The summed E-state index contributed by atoms with van der Waals surface area (Å²) in [5.74, 6) is -0.802. The molecule has 1 N–H and O–H groups in total. The van der Waals surface area contributed by atoms with Crippen LogP contribution in [0.5, 0.6) is 0 Å². The topological polar surface area (TPSA) is 37.3 Å². The summed E-state index contributed by atoms with van der Waals surface area (Å²) in [5, 5.41) is 11.2. The minimum absolute atomic E-state index is 0.802. The molecule has 0 atom stereocenters. The number of thiophene rings is 1. The molecule has 4 heteroatoms. The summed E-state index contributed by atoms with van der Waals surface area (Å²) in [6.07, 6.45) is 0. The van der Waals surface area contributed by atoms with Crippen LogP contribution in [0.15, 0.2) is 34.1 Å². The molecule has 2 nitrogen and oxygen atoms in total. The highest BCUT2D eigenvalue weighted by atomic mass is 79.9. The number of halogens is 1. The van der Waals surface area contributed by atoms with Crippen LogP contribution in [0.2, 0.25) is 0 Å². The number of carboxylic acids is 1. The number of carbonyl (C=O) groups is 1. The van der Waals surface area contributed by atoms with Crippen molar-refractivity contribution in [3.05, 3.63) is 45.2 Å². The van der Waals surface area contributed by atoms with Crippen LogP contribution < -0.4 is 0 Å². The molecule has 0 saturated carbocycles. The summed E-state index contributed by atoms with van der Waals surface area (Å²) in [4.78, 5) is 12.4. The van der Waals surface area contributed by atoms with Crippen LogP contribution >= 0.6 is 27.3 Å². The minimum Gasteiger partial charge on any atom is -0.481 e. The summed E-state index contributed by atoms with van der Waals surface area (Å²) >= 11 is 5.07. The maximum atomic E-state index is 11.3. The zero-order valence-electron chi connectivity index (χ0n) is 11.0. The molecular weight excluding hydrogens is 324 g/mol. The molecular formula is C15H15BrO2S. The Balaban J connectivity index is 2.41. The molecule has 0 fully saturated rings. The zero-order valence-corrected chi connectivity index (χ0v) is 13.4. The second kappa shape index (κ2) is 5.10. The van der Waals surface area contributed by atoms with Crippen molar-refractivity contribution in [2.45, 2.75) is 26.2 Å². The molecule has 2 rings (SSSR count). The molecule has 19 heavy (non-hydrogen) atoms. The number of aliphatic carboxylic acids is 1. The van der Waals surface area contributed by atoms with Crippen molar-refractivity contribution in [2.75, 3.05) is 0 Å². The molecule has 1 aromatic heterocycles. The molecule has 2 aromatic rings. The predicted octanol–water partition coefficient (Wildman–Crippen LogP) is 4.85. The van der Waals surface area contributed by atoms with E-state index in [-0.39, 0.29) is 0 Å². The summed E-state index contributed by atoms with van der Waals surface area (Å²) in [7, 11) is 0. The lowest BCUT2D eigenvalue weighted by molar-refractivity contribution is -0.142. The van der Waals surface area contributed by atoms with Gasteiger partial charge in [0.25, 0.3) is 0 Å². The van der Waals surface area contributed by atoms with Crippen LogP contribution in [0, 0.1) is 6.92 Å². The van der Waals surface area contributed by atoms with Crippen molar-refractivity contribution < 1.29 is 9.90 Å². The number of carboxylic acid groups (broad SMARTS) is 1. The molecule has 0 unspecified atom stereocenters. The summed E-state index contributed by atoms with van der Waals surface area (Å²) in [6, 6.07) is 8.14. The number of hydrogen-bond donors (Lipinski definition) is 1. The van der Waals surface area contributed by atoms with Gasteiger partial charge in [-0.25, -0.2) is 0 Å². The highest BCUT2D eigenvalue weighted by Gasteiger charge is 2.30. The molecule has 1 aromatic carbocycles. The van der Waals surface area contributed by atoms with E-state index in [4.69, 9.17) is 0 Å². The first-order valence-corrected chi connectivity index (χ1v) is 7.58. The highest BCUT2D eigenvalue weighted by molar-refractivity contribution is 9.10. The molecule has 0 saturated heterocycles. The van der Waals surface area contributed by atoms with Crippen LogP contribution in [0.1, 0.15) is 25.0 Å². The van der Waals surface area contributed by atoms with Gasteiger partial charge < -0.3 is 5.11 Å². The van der Waals surface area contributed by atoms with Crippen molar-refractivity contribution in [3.63, 3.8) is 0 Å². The number of aryl methyl sites for hydroxylation is 1. The molecule has 0 radical (unpaired) electrons. The lowest BCUT2D eigenvalue weighted by Gasteiger charge is -2.17. The Morgan fingerprint density at radius 2 is 2.00 bits per heavy atom. The normalized spacial score (nSPS) is 11.6. The van der Waals surface area contributed by atoms with Gasteiger partial charge in [0.05, 0.1) is 5.41 Å². The van der Waals surface area contributed by atoms with Crippen molar-refractivity contribution in [1.29, 1.82) is 0 Å². The zero-order chi connectivity index (χ0) is 14.2. The van der Waals surface area contributed by atoms with E-state index in [2.05, 4.69) is 22.0 Å². The number of benzene rings is 1. The molecule has 1 heterocycles. The van der Waals surface area contributed by atoms with Crippen LogP contribution in [0.25, 0.3) is 10.4 Å². The van der Waals surface area contributed by atoms with E-state index in [1.165, 1.54) is 5.56 Å². The van der Waals surface area contributed by atoms with E-state index in [9.17, 15) is 9.90 Å². The van der Waals surface area contributed by atoms with Gasteiger partial charge in [-0.05, 0) is 61.0 Å². The van der Waals surface area contributed by atoms with Gasteiger partial charge in [0.1, 0.15) is 0 Å². The Labute approximate surface area is 125 Å². The van der Waals surface area contributed by atoms with E-state index < -0.39 is 11.4 Å². The largest absolute Gasteiger partial charge is 0.481 e. The van der Waals surface area contributed by atoms with Crippen LogP contribution in [-0.2, 0) is 10.2 Å². The smallest absolute Gasteiger partial charge is 0.313 e. The lowest BCUT2D eigenvalue weighted by Crippen LogP contribution is -2.27. The van der Waals surface area contributed by atoms with Gasteiger partial charge in [0.15, 0.2) is 0 Å². The molecule has 0 spiro atoms.